The van der Waals surface area contributed by atoms with Gasteiger partial charge in [-0.1, -0.05) is 275 Å². The van der Waals surface area contributed by atoms with Gasteiger partial charge in [0.2, 0.25) is 0 Å². The van der Waals surface area contributed by atoms with Crippen LogP contribution < -0.4 is 26.2 Å². The highest BCUT2D eigenvalue weighted by Gasteiger charge is 2.46. The average molecular weight is 1540 g/mol. The van der Waals surface area contributed by atoms with Gasteiger partial charge in [0.15, 0.2) is 5.69 Å². The van der Waals surface area contributed by atoms with Gasteiger partial charge in [-0.05, 0) is 230 Å². The minimum atomic E-state index is -0.883. The lowest BCUT2D eigenvalue weighted by Crippen LogP contribution is -2.61. The van der Waals surface area contributed by atoms with E-state index in [1.165, 1.54) is 0 Å². The topological polar surface area (TPSA) is 57.6 Å². The molecule has 22 aromatic rings. The van der Waals surface area contributed by atoms with Crippen molar-refractivity contribution in [3.05, 3.63) is 398 Å². The Kier molecular flexibility index (Phi) is 12.3. The number of aromatic nitrogens is 2. The minimum absolute atomic E-state index is 0.0906. The quantitative estimate of drug-likeness (QED) is 0.0821. The van der Waals surface area contributed by atoms with Gasteiger partial charge in [0.05, 0.1) is 68.1 Å². The fraction of sp³-hybridized carbons (Fsp3) is 0.0357. The van der Waals surface area contributed by atoms with Crippen molar-refractivity contribution in [2.24, 2.45) is 0 Å². The van der Waals surface area contributed by atoms with Gasteiger partial charge in [-0.25, -0.2) is 4.85 Å². The molecule has 2 aliphatic heterocycles. The van der Waals surface area contributed by atoms with E-state index < -0.39 is 108 Å². The van der Waals surface area contributed by atoms with E-state index in [4.69, 9.17) is 11.0 Å². The zero-order chi connectivity index (χ0) is 91.9. The van der Waals surface area contributed by atoms with Crippen LogP contribution in [0.5, 0.6) is 0 Å². The van der Waals surface area contributed by atoms with Crippen LogP contribution in [-0.2, 0) is 5.41 Å². The summed E-state index contributed by atoms with van der Waals surface area (Å²) in [5, 5.41) is 20.0. The van der Waals surface area contributed by atoms with Gasteiger partial charge < -0.3 is 23.4 Å². The Labute approximate surface area is 713 Å². The van der Waals surface area contributed by atoms with Crippen LogP contribution >= 0.6 is 0 Å². The number of nitrogens with zero attached hydrogens (tertiary/aromatic N) is 6. The zero-order valence-corrected chi connectivity index (χ0v) is 64.9. The maximum absolute atomic E-state index is 10.8. The highest BCUT2D eigenvalue weighted by Crippen LogP contribution is 2.57. The van der Waals surface area contributed by atoms with Crippen LogP contribution in [0.1, 0.15) is 51.1 Å². The molecule has 7 nitrogen and oxygen atoms in total. The number of para-hydroxylation sites is 4. The van der Waals surface area contributed by atoms with Gasteiger partial charge in [0.1, 0.15) is 11.2 Å². The number of hydrogen-bond acceptors (Lipinski definition) is 4. The van der Waals surface area contributed by atoms with Crippen LogP contribution in [0.2, 0.25) is 0 Å². The molecule has 0 saturated heterocycles. The van der Waals surface area contributed by atoms with Crippen LogP contribution in [-0.4, -0.2) is 15.8 Å². The Morgan fingerprint density at radius 1 is 0.358 bits per heavy atom. The van der Waals surface area contributed by atoms with E-state index in [0.29, 0.717) is 56.1 Å². The van der Waals surface area contributed by atoms with Crippen molar-refractivity contribution in [2.45, 2.75) is 26.2 Å². The molecule has 2 aliphatic rings. The van der Waals surface area contributed by atoms with Crippen molar-refractivity contribution >= 4 is 172 Å². The van der Waals surface area contributed by atoms with Crippen molar-refractivity contribution in [1.29, 1.82) is 5.26 Å². The molecule has 0 amide bonds. The summed E-state index contributed by atoms with van der Waals surface area (Å²) >= 11 is 0. The molecule has 3 aromatic heterocycles. The standard InChI is InChI=1S/C112H71BN6O/c1-112(2,3)75-62-90(69-26-7-5-8-27-69)111(91(63-75)70-28-9-6-10-29-70)119-104-66-77(116-99-43-22-19-38-85(99)94-56-68(67-114)46-53-101(94)116)49-52-98(104)113-97-51-50-78(117-100-44-23-20-39-86(100)95-64-76(115-4)48-54-102(95)117)65-103(97)118(105-60-74(61-106(119)109(105)113)71-47-55-108-96(57-71)87-40-21-24-45-107(87)120-108)110-88(92-58-72-30-11-13-32-79(72)81-34-15-17-36-83(81)92)41-25-42-89(110)93-59-73-31-12-14-33-80(73)82-35-16-18-37-84(82)93/h5-66H,1-3H3/i19D,20D,22D,23D,38D,39D,43D,44D,46D,48D,53D,54D,56D,64D. The molecule has 0 unspecified atom stereocenters. The molecule has 5 heterocycles. The molecule has 0 fully saturated rings. The molecule has 558 valence electrons. The summed E-state index contributed by atoms with van der Waals surface area (Å²) in [6.45, 7) is 14.1. The van der Waals surface area contributed by atoms with E-state index in [2.05, 4.69) is 230 Å². The lowest BCUT2D eigenvalue weighted by atomic mass is 9.33. The maximum atomic E-state index is 10.8. The summed E-state index contributed by atoms with van der Waals surface area (Å²) in [7, 11) is 0. The first-order valence-electron chi connectivity index (χ1n) is 47.0. The summed E-state index contributed by atoms with van der Waals surface area (Å²) in [4.78, 5) is 8.35. The molecule has 120 heavy (non-hydrogen) atoms. The zero-order valence-electron chi connectivity index (χ0n) is 78.9. The van der Waals surface area contributed by atoms with Gasteiger partial charge in [-0.15, -0.1) is 0 Å². The maximum Gasteiger partial charge on any atom is 0.252 e. The Morgan fingerprint density at radius 2 is 0.833 bits per heavy atom. The van der Waals surface area contributed by atoms with Crippen molar-refractivity contribution in [2.75, 3.05) is 9.80 Å². The van der Waals surface area contributed by atoms with Crippen LogP contribution in [0, 0.1) is 17.9 Å². The Hall–Kier alpha value is -15.7. The molecule has 0 atom stereocenters. The van der Waals surface area contributed by atoms with Crippen molar-refractivity contribution in [3.8, 4) is 73.1 Å². The minimum Gasteiger partial charge on any atom is -0.456 e. The predicted molar refractivity (Wildman–Crippen MR) is 503 cm³/mol. The molecular weight excluding hydrogens is 1460 g/mol. The van der Waals surface area contributed by atoms with Crippen LogP contribution in [0.4, 0.5) is 39.8 Å². The van der Waals surface area contributed by atoms with Gasteiger partial charge >= 0.3 is 0 Å². The average Bonchev–Trinajstić information content (AvgIpc) is 0.995. The Balaban J connectivity index is 0.940. The fourth-order valence-electron chi connectivity index (χ4n) is 19.2. The second kappa shape index (κ2) is 26.4. The van der Waals surface area contributed by atoms with E-state index in [-0.39, 0.29) is 55.0 Å². The monoisotopic (exact) mass is 1540 g/mol. The lowest BCUT2D eigenvalue weighted by molar-refractivity contribution is 0.591. The molecule has 0 N–H and O–H groups in total. The summed E-state index contributed by atoms with van der Waals surface area (Å²) < 4.78 is 147. The largest absolute Gasteiger partial charge is 0.456 e. The summed E-state index contributed by atoms with van der Waals surface area (Å²) in [6.07, 6.45) is 0. The molecule has 0 radical (unpaired) electrons. The van der Waals surface area contributed by atoms with E-state index in [0.717, 1.165) is 121 Å². The highest BCUT2D eigenvalue weighted by molar-refractivity contribution is 7.00. The smallest absolute Gasteiger partial charge is 0.252 e. The number of nitriles is 1. The first-order valence-corrected chi connectivity index (χ1v) is 40.0. The Morgan fingerprint density at radius 3 is 1.38 bits per heavy atom. The van der Waals surface area contributed by atoms with Crippen LogP contribution in [0.15, 0.2) is 380 Å². The molecule has 0 aliphatic carbocycles. The molecule has 0 bridgehead atoms. The van der Waals surface area contributed by atoms with E-state index >= 15 is 0 Å². The number of benzene rings is 19. The van der Waals surface area contributed by atoms with Gasteiger partial charge in [0.25, 0.3) is 6.71 Å². The third-order valence-corrected chi connectivity index (χ3v) is 24.5. The molecule has 0 saturated carbocycles. The van der Waals surface area contributed by atoms with Gasteiger partial charge in [-0.2, -0.15) is 5.26 Å². The molecule has 8 heteroatoms. The van der Waals surface area contributed by atoms with E-state index in [1.807, 2.05) is 103 Å². The third-order valence-electron chi connectivity index (χ3n) is 24.5. The second-order valence-corrected chi connectivity index (χ2v) is 32.1. The normalized spacial score (nSPS) is 14.2. The van der Waals surface area contributed by atoms with Crippen molar-refractivity contribution < 1.29 is 23.6 Å². The summed E-state index contributed by atoms with van der Waals surface area (Å²) in [6, 6.07) is 94.8. The predicted octanol–water partition coefficient (Wildman–Crippen LogP) is 28.5. The highest BCUT2D eigenvalue weighted by atomic mass is 16.3. The van der Waals surface area contributed by atoms with Crippen molar-refractivity contribution in [3.63, 3.8) is 0 Å². The van der Waals surface area contributed by atoms with Crippen LogP contribution in [0.3, 0.4) is 0 Å². The Bertz CT molecular complexity index is 8990. The fourth-order valence-corrected chi connectivity index (χ4v) is 19.2. The lowest BCUT2D eigenvalue weighted by Gasteiger charge is -2.46. The first kappa shape index (κ1) is 55.7. The third kappa shape index (κ3) is 10.4. The number of hydrogen-bond donors (Lipinski definition) is 0. The number of fused-ring (bicyclic) bond motifs is 19. The number of furan rings is 1. The number of rotatable bonds is 9. The van der Waals surface area contributed by atoms with Crippen LogP contribution in [0.25, 0.3) is 180 Å². The molecular formula is C112H71BN6O. The molecule has 19 aromatic carbocycles. The van der Waals surface area contributed by atoms with Crippen molar-refractivity contribution in [1.82, 2.24) is 9.13 Å². The SMILES string of the molecule is [2H]c1c([2H])c([2H])c2c(c1[2H])c1c([2H])c(C#N)c([2H])c([2H])c1n2-c1ccc2c(c1)N(c1c(-c3ccccc3)cc(C(C)(C)C)cc1-c1ccccc1)c1cc(-c3ccc4oc5ccccc5c4c3)cc3c1B2c1ccc(-n2c4c([2H])c([2H])c([2H])c([2H])c4c4c([2H])c([N+]#[C-])c([2H])c([2H])c42)cc1N3c1c(-c2cc3ccccc3c3ccccc23)cccc1-c1cc2ccccc2c2ccccc12. The van der Waals surface area contributed by atoms with E-state index in [9.17, 15) is 24.5 Å². The van der Waals surface area contributed by atoms with Gasteiger partial charge in [0, 0.05) is 86.1 Å². The van der Waals surface area contributed by atoms with Gasteiger partial charge in [-0.3, -0.25) is 0 Å². The molecule has 24 rings (SSSR count). The van der Waals surface area contributed by atoms with E-state index in [1.54, 1.807) is 9.13 Å². The summed E-state index contributed by atoms with van der Waals surface area (Å²) in [5.41, 5.74) is 15.4. The number of anilines is 6. The molecule has 0 spiro atoms. The summed E-state index contributed by atoms with van der Waals surface area (Å²) in [5.74, 6) is 0. The first-order chi connectivity index (χ1) is 64.9. The second-order valence-electron chi connectivity index (χ2n) is 32.1.